The molecule has 82 valence electrons. The van der Waals surface area contributed by atoms with Gasteiger partial charge in [0, 0.05) is 0 Å². The average Bonchev–Trinajstić information content (AvgIpc) is 2.17. The molecule has 0 bridgehead atoms. The van der Waals surface area contributed by atoms with Crippen molar-refractivity contribution in [2.45, 2.75) is 6.92 Å². The summed E-state index contributed by atoms with van der Waals surface area (Å²) in [6.45, 7) is 2.00. The lowest BCUT2D eigenvalue weighted by Crippen LogP contribution is -2.02. The molecule has 0 radical (unpaired) electrons. The van der Waals surface area contributed by atoms with E-state index >= 15 is 0 Å². The third-order valence-corrected chi connectivity index (χ3v) is 2.47. The molecule has 0 N–H and O–H groups in total. The van der Waals surface area contributed by atoms with Gasteiger partial charge in [0.15, 0.2) is 0 Å². The minimum absolute atomic E-state index is 0.0829. The van der Waals surface area contributed by atoms with Gasteiger partial charge in [-0.1, -0.05) is 36.4 Å². The minimum atomic E-state index is -3.35. The molecule has 1 aromatic carbocycles. The van der Waals surface area contributed by atoms with Crippen molar-refractivity contribution in [1.82, 2.24) is 0 Å². The van der Waals surface area contributed by atoms with E-state index in [9.17, 15) is 8.42 Å². The smallest absolute Gasteiger partial charge is 0.264 e. The molecule has 0 spiro atoms. The van der Waals surface area contributed by atoms with Crippen molar-refractivity contribution in [3.63, 3.8) is 0 Å². The van der Waals surface area contributed by atoms with Gasteiger partial charge < -0.3 is 0 Å². The highest BCUT2D eigenvalue weighted by atomic mass is 32.2. The Morgan fingerprint density at radius 2 is 1.93 bits per heavy atom. The lowest BCUT2D eigenvalue weighted by atomic mass is 10.1. The van der Waals surface area contributed by atoms with Gasteiger partial charge in [0.05, 0.1) is 12.9 Å². The number of benzene rings is 1. The maximum atomic E-state index is 10.7. The van der Waals surface area contributed by atoms with Crippen LogP contribution in [-0.4, -0.2) is 21.3 Å². The monoisotopic (exact) mass is 226 g/mol. The summed E-state index contributed by atoms with van der Waals surface area (Å²) in [5.41, 5.74) is 2.06. The second-order valence-corrected chi connectivity index (χ2v) is 4.89. The molecule has 0 saturated heterocycles. The lowest BCUT2D eigenvalue weighted by molar-refractivity contribution is 0.362. The molecule has 3 nitrogen and oxygen atoms in total. The Balaban J connectivity index is 2.62. The van der Waals surface area contributed by atoms with Crippen LogP contribution in [0.4, 0.5) is 0 Å². The van der Waals surface area contributed by atoms with Gasteiger partial charge in [-0.2, -0.15) is 8.42 Å². The Morgan fingerprint density at radius 1 is 1.33 bits per heavy atom. The van der Waals surface area contributed by atoms with Gasteiger partial charge in [-0.25, -0.2) is 0 Å². The zero-order chi connectivity index (χ0) is 11.3. The number of hydrogen-bond donors (Lipinski definition) is 0. The van der Waals surface area contributed by atoms with Crippen LogP contribution in [0.2, 0.25) is 0 Å². The fraction of sp³-hybridized carbons (Fsp3) is 0.273. The molecule has 1 rings (SSSR count). The van der Waals surface area contributed by atoms with E-state index in [1.807, 2.05) is 37.3 Å². The summed E-state index contributed by atoms with van der Waals surface area (Å²) in [7, 11) is -3.35. The predicted molar refractivity (Wildman–Crippen MR) is 60.9 cm³/mol. The standard InChI is InChI=1S/C11H14O3S/c1-10(8-9-14-15(2,12)13)11-6-4-3-5-7-11/h3-8H,9H2,1-2H3. The van der Waals surface area contributed by atoms with Gasteiger partial charge >= 0.3 is 0 Å². The zero-order valence-electron chi connectivity index (χ0n) is 8.80. The summed E-state index contributed by atoms with van der Waals surface area (Å²) in [4.78, 5) is 0. The highest BCUT2D eigenvalue weighted by Gasteiger charge is 1.99. The molecule has 0 amide bonds. The molecule has 0 aliphatic rings. The summed E-state index contributed by atoms with van der Waals surface area (Å²) >= 11 is 0. The highest BCUT2D eigenvalue weighted by Crippen LogP contribution is 2.12. The molecule has 0 heterocycles. The third kappa shape index (κ3) is 4.76. The summed E-state index contributed by atoms with van der Waals surface area (Å²) in [6, 6.07) is 9.73. The van der Waals surface area contributed by atoms with Crippen LogP contribution in [0.15, 0.2) is 36.4 Å². The van der Waals surface area contributed by atoms with Crippen LogP contribution in [0, 0.1) is 0 Å². The Kier molecular flexibility index (Phi) is 4.05. The molecule has 1 aromatic rings. The molecule has 0 aliphatic carbocycles. The van der Waals surface area contributed by atoms with E-state index in [4.69, 9.17) is 0 Å². The van der Waals surface area contributed by atoms with E-state index in [1.165, 1.54) is 0 Å². The highest BCUT2D eigenvalue weighted by molar-refractivity contribution is 7.85. The molecule has 0 fully saturated rings. The van der Waals surface area contributed by atoms with E-state index < -0.39 is 10.1 Å². The van der Waals surface area contributed by atoms with Crippen LogP contribution in [0.25, 0.3) is 5.57 Å². The molecule has 0 aromatic heterocycles. The van der Waals surface area contributed by atoms with Crippen molar-refractivity contribution in [3.05, 3.63) is 42.0 Å². The number of allylic oxidation sites excluding steroid dienone is 1. The van der Waals surface area contributed by atoms with Crippen LogP contribution in [-0.2, 0) is 14.3 Å². The van der Waals surface area contributed by atoms with Gasteiger partial charge in [0.2, 0.25) is 0 Å². The normalized spacial score (nSPS) is 12.8. The number of rotatable bonds is 4. The summed E-state index contributed by atoms with van der Waals surface area (Å²) < 4.78 is 26.0. The van der Waals surface area contributed by atoms with Crippen LogP contribution >= 0.6 is 0 Å². The molecule has 0 atom stereocenters. The first-order valence-electron chi connectivity index (χ1n) is 4.55. The first-order chi connectivity index (χ1) is 6.99. The van der Waals surface area contributed by atoms with E-state index in [2.05, 4.69) is 4.18 Å². The van der Waals surface area contributed by atoms with Gasteiger partial charge in [-0.05, 0) is 18.1 Å². The first-order valence-corrected chi connectivity index (χ1v) is 6.37. The van der Waals surface area contributed by atoms with Gasteiger partial charge in [-0.15, -0.1) is 0 Å². The Bertz CT molecular complexity index is 432. The fourth-order valence-corrected chi connectivity index (χ4v) is 1.42. The van der Waals surface area contributed by atoms with E-state index in [-0.39, 0.29) is 6.61 Å². The molecular formula is C11H14O3S. The van der Waals surface area contributed by atoms with Crippen molar-refractivity contribution >= 4 is 15.7 Å². The Hall–Kier alpha value is -1.13. The maximum absolute atomic E-state index is 10.7. The van der Waals surface area contributed by atoms with Crippen molar-refractivity contribution in [1.29, 1.82) is 0 Å². The third-order valence-electron chi connectivity index (χ3n) is 1.90. The molecule has 0 aliphatic heterocycles. The van der Waals surface area contributed by atoms with Gasteiger partial charge in [0.1, 0.15) is 0 Å². The van der Waals surface area contributed by atoms with E-state index in [0.29, 0.717) is 0 Å². The summed E-state index contributed by atoms with van der Waals surface area (Å²) in [5.74, 6) is 0. The van der Waals surface area contributed by atoms with Crippen LogP contribution < -0.4 is 0 Å². The zero-order valence-corrected chi connectivity index (χ0v) is 9.62. The average molecular weight is 226 g/mol. The van der Waals surface area contributed by atoms with Crippen LogP contribution in [0.5, 0.6) is 0 Å². The maximum Gasteiger partial charge on any atom is 0.264 e. The summed E-state index contributed by atoms with van der Waals surface area (Å²) in [5, 5.41) is 0. The molecule has 0 saturated carbocycles. The molecule has 4 heteroatoms. The topological polar surface area (TPSA) is 43.4 Å². The van der Waals surface area contributed by atoms with E-state index in [1.54, 1.807) is 6.08 Å². The SMILES string of the molecule is CC(=CCOS(C)(=O)=O)c1ccccc1. The molecular weight excluding hydrogens is 212 g/mol. The van der Waals surface area contributed by atoms with Crippen molar-refractivity contribution in [3.8, 4) is 0 Å². The van der Waals surface area contributed by atoms with Crippen molar-refractivity contribution in [2.24, 2.45) is 0 Å². The van der Waals surface area contributed by atoms with Crippen LogP contribution in [0.1, 0.15) is 12.5 Å². The first kappa shape index (κ1) is 11.9. The minimum Gasteiger partial charge on any atom is -0.266 e. The van der Waals surface area contributed by atoms with E-state index in [0.717, 1.165) is 17.4 Å². The number of hydrogen-bond acceptors (Lipinski definition) is 3. The summed E-state index contributed by atoms with van der Waals surface area (Å²) in [6.07, 6.45) is 2.79. The van der Waals surface area contributed by atoms with Crippen molar-refractivity contribution < 1.29 is 12.6 Å². The van der Waals surface area contributed by atoms with Gasteiger partial charge in [-0.3, -0.25) is 4.18 Å². The predicted octanol–water partition coefficient (Wildman–Crippen LogP) is 2.07. The Labute approximate surface area is 90.5 Å². The second kappa shape index (κ2) is 5.09. The Morgan fingerprint density at radius 3 is 2.47 bits per heavy atom. The quantitative estimate of drug-likeness (QED) is 0.738. The molecule has 0 unspecified atom stereocenters. The fourth-order valence-electron chi connectivity index (χ4n) is 1.10. The largest absolute Gasteiger partial charge is 0.266 e. The molecule has 15 heavy (non-hydrogen) atoms. The lowest BCUT2D eigenvalue weighted by Gasteiger charge is -2.01. The van der Waals surface area contributed by atoms with Crippen LogP contribution in [0.3, 0.4) is 0 Å². The van der Waals surface area contributed by atoms with Crippen molar-refractivity contribution in [2.75, 3.05) is 12.9 Å². The second-order valence-electron chi connectivity index (χ2n) is 3.24. The van der Waals surface area contributed by atoms with Gasteiger partial charge in [0.25, 0.3) is 10.1 Å².